The fourth-order valence-corrected chi connectivity index (χ4v) is 2.72. The molecule has 0 aromatic heterocycles. The van der Waals surface area contributed by atoms with E-state index in [2.05, 4.69) is 23.2 Å². The highest BCUT2D eigenvalue weighted by Gasteiger charge is 2.32. The first kappa shape index (κ1) is 14.0. The Balaban J connectivity index is 2.68. The first-order valence-electron chi connectivity index (χ1n) is 6.39. The molecule has 17 heavy (non-hydrogen) atoms. The smallest absolute Gasteiger partial charge is 0.0510 e. The molecule has 0 amide bonds. The Bertz CT molecular complexity index is 257. The van der Waals surface area contributed by atoms with Crippen molar-refractivity contribution in [1.29, 1.82) is 0 Å². The number of hydrogen-bond donors (Lipinski definition) is 1. The van der Waals surface area contributed by atoms with Gasteiger partial charge in [-0.3, -0.25) is 4.90 Å². The predicted octanol–water partition coefficient (Wildman–Crippen LogP) is 3.07. The van der Waals surface area contributed by atoms with Gasteiger partial charge < -0.3 is 5.21 Å². The zero-order chi connectivity index (χ0) is 12.6. The van der Waals surface area contributed by atoms with Gasteiger partial charge in [0.25, 0.3) is 0 Å². The van der Waals surface area contributed by atoms with Gasteiger partial charge in [-0.05, 0) is 12.8 Å². The van der Waals surface area contributed by atoms with Gasteiger partial charge in [-0.25, -0.2) is 0 Å². The summed E-state index contributed by atoms with van der Waals surface area (Å²) in [5.41, 5.74) is 0.0407. The molecule has 0 atom stereocenters. The Morgan fingerprint density at radius 1 is 1.12 bits per heavy atom. The Morgan fingerprint density at radius 3 is 2.18 bits per heavy atom. The van der Waals surface area contributed by atoms with Crippen molar-refractivity contribution < 1.29 is 5.21 Å². The van der Waals surface area contributed by atoms with Crippen molar-refractivity contribution in [2.75, 3.05) is 19.6 Å². The van der Waals surface area contributed by atoms with Gasteiger partial charge in [0.05, 0.1) is 6.21 Å². The molecule has 0 bridgehead atoms. The second-order valence-electron chi connectivity index (χ2n) is 4.94. The van der Waals surface area contributed by atoms with Crippen LogP contribution in [0.15, 0.2) is 30.5 Å². The van der Waals surface area contributed by atoms with E-state index in [0.717, 1.165) is 32.5 Å². The third kappa shape index (κ3) is 4.35. The van der Waals surface area contributed by atoms with Crippen molar-refractivity contribution in [1.82, 2.24) is 4.90 Å². The van der Waals surface area contributed by atoms with Gasteiger partial charge in [-0.1, -0.05) is 31.4 Å². The zero-order valence-corrected chi connectivity index (χ0v) is 10.6. The van der Waals surface area contributed by atoms with Gasteiger partial charge in [0.1, 0.15) is 0 Å². The van der Waals surface area contributed by atoms with Crippen LogP contribution in [-0.2, 0) is 0 Å². The predicted molar refractivity (Wildman–Crippen MR) is 72.6 cm³/mol. The highest BCUT2D eigenvalue weighted by molar-refractivity contribution is 5.65. The lowest BCUT2D eigenvalue weighted by molar-refractivity contribution is 0.183. The van der Waals surface area contributed by atoms with Gasteiger partial charge in [0.15, 0.2) is 0 Å². The van der Waals surface area contributed by atoms with Gasteiger partial charge in [-0.15, -0.1) is 18.3 Å². The summed E-state index contributed by atoms with van der Waals surface area (Å²) >= 11 is 0. The lowest BCUT2D eigenvalue weighted by Crippen LogP contribution is -2.40. The third-order valence-corrected chi connectivity index (χ3v) is 3.49. The molecule has 1 rings (SSSR count). The Kier molecular flexibility index (Phi) is 5.98. The molecule has 0 spiro atoms. The van der Waals surface area contributed by atoms with Crippen LogP contribution in [0.2, 0.25) is 0 Å². The second kappa shape index (κ2) is 7.28. The van der Waals surface area contributed by atoms with E-state index < -0.39 is 0 Å². The standard InChI is InChI=1S/C14H24N2O/c1-3-10-16(11-4-2)13-14(12-15-17)8-6-5-7-9-14/h3-4,12,17H,1-2,5-11,13H2/b15-12+. The van der Waals surface area contributed by atoms with Crippen LogP contribution in [0.4, 0.5) is 0 Å². The molecule has 3 heteroatoms. The highest BCUT2D eigenvalue weighted by atomic mass is 16.4. The molecule has 0 aromatic rings. The second-order valence-corrected chi connectivity index (χ2v) is 4.94. The SMILES string of the molecule is C=CCN(CC=C)CC1(/C=N/O)CCCCC1. The minimum atomic E-state index is 0.0407. The summed E-state index contributed by atoms with van der Waals surface area (Å²) in [7, 11) is 0. The van der Waals surface area contributed by atoms with Crippen LogP contribution in [0, 0.1) is 5.41 Å². The molecule has 1 saturated carbocycles. The van der Waals surface area contributed by atoms with Crippen LogP contribution in [0.1, 0.15) is 32.1 Å². The summed E-state index contributed by atoms with van der Waals surface area (Å²) in [4.78, 5) is 2.30. The summed E-state index contributed by atoms with van der Waals surface area (Å²) in [5, 5.41) is 12.2. The normalized spacial score (nSPS) is 19.6. The molecule has 0 aromatic carbocycles. The fourth-order valence-electron chi connectivity index (χ4n) is 2.72. The minimum absolute atomic E-state index is 0.0407. The zero-order valence-electron chi connectivity index (χ0n) is 10.6. The Labute approximate surface area is 105 Å². The molecule has 0 unspecified atom stereocenters. The maximum absolute atomic E-state index is 8.87. The average molecular weight is 236 g/mol. The molecular formula is C14H24N2O. The van der Waals surface area contributed by atoms with Gasteiger partial charge in [0.2, 0.25) is 0 Å². The molecule has 3 nitrogen and oxygen atoms in total. The van der Waals surface area contributed by atoms with E-state index in [0.29, 0.717) is 0 Å². The Hall–Kier alpha value is -1.09. The monoisotopic (exact) mass is 236 g/mol. The van der Waals surface area contributed by atoms with Crippen molar-refractivity contribution in [3.05, 3.63) is 25.3 Å². The molecule has 0 aliphatic heterocycles. The van der Waals surface area contributed by atoms with Crippen LogP contribution < -0.4 is 0 Å². The lowest BCUT2D eigenvalue weighted by atomic mass is 9.74. The molecule has 0 heterocycles. The fraction of sp³-hybridized carbons (Fsp3) is 0.643. The van der Waals surface area contributed by atoms with Crippen molar-refractivity contribution in [3.8, 4) is 0 Å². The molecule has 1 aliphatic carbocycles. The topological polar surface area (TPSA) is 35.8 Å². The molecule has 96 valence electrons. The number of nitrogens with zero attached hydrogens (tertiary/aromatic N) is 2. The number of hydrogen-bond acceptors (Lipinski definition) is 3. The van der Waals surface area contributed by atoms with E-state index in [1.165, 1.54) is 19.3 Å². The maximum Gasteiger partial charge on any atom is 0.0510 e. The van der Waals surface area contributed by atoms with Crippen LogP contribution in [0.3, 0.4) is 0 Å². The summed E-state index contributed by atoms with van der Waals surface area (Å²) in [6.45, 7) is 10.2. The first-order chi connectivity index (χ1) is 8.26. The van der Waals surface area contributed by atoms with Crippen LogP contribution in [0.5, 0.6) is 0 Å². The van der Waals surface area contributed by atoms with Crippen molar-refractivity contribution in [2.45, 2.75) is 32.1 Å². The molecule has 0 saturated heterocycles. The average Bonchev–Trinajstić information content (AvgIpc) is 2.31. The summed E-state index contributed by atoms with van der Waals surface area (Å²) < 4.78 is 0. The van der Waals surface area contributed by atoms with E-state index in [1.54, 1.807) is 6.21 Å². The van der Waals surface area contributed by atoms with Crippen LogP contribution in [0.25, 0.3) is 0 Å². The van der Waals surface area contributed by atoms with E-state index in [1.807, 2.05) is 12.2 Å². The minimum Gasteiger partial charge on any atom is -0.411 e. The van der Waals surface area contributed by atoms with Crippen molar-refractivity contribution in [3.63, 3.8) is 0 Å². The van der Waals surface area contributed by atoms with Crippen molar-refractivity contribution >= 4 is 6.21 Å². The van der Waals surface area contributed by atoms with E-state index in [-0.39, 0.29) is 5.41 Å². The first-order valence-corrected chi connectivity index (χ1v) is 6.39. The van der Waals surface area contributed by atoms with E-state index >= 15 is 0 Å². The Morgan fingerprint density at radius 2 is 1.71 bits per heavy atom. The molecule has 0 radical (unpaired) electrons. The number of rotatable bonds is 7. The molecule has 1 N–H and O–H groups in total. The highest BCUT2D eigenvalue weighted by Crippen LogP contribution is 2.35. The lowest BCUT2D eigenvalue weighted by Gasteiger charge is -2.37. The largest absolute Gasteiger partial charge is 0.411 e. The molecule has 1 fully saturated rings. The summed E-state index contributed by atoms with van der Waals surface area (Å²) in [6, 6.07) is 0. The van der Waals surface area contributed by atoms with Gasteiger partial charge >= 0.3 is 0 Å². The van der Waals surface area contributed by atoms with Crippen LogP contribution >= 0.6 is 0 Å². The quantitative estimate of drug-likeness (QED) is 0.319. The summed E-state index contributed by atoms with van der Waals surface area (Å²) in [5.74, 6) is 0. The van der Waals surface area contributed by atoms with Crippen LogP contribution in [-0.4, -0.2) is 36.0 Å². The molecular weight excluding hydrogens is 212 g/mol. The van der Waals surface area contributed by atoms with Crippen molar-refractivity contribution in [2.24, 2.45) is 10.6 Å². The van der Waals surface area contributed by atoms with Gasteiger partial charge in [-0.2, -0.15) is 0 Å². The molecule has 1 aliphatic rings. The summed E-state index contributed by atoms with van der Waals surface area (Å²) in [6.07, 6.45) is 11.5. The maximum atomic E-state index is 8.87. The number of oxime groups is 1. The third-order valence-electron chi connectivity index (χ3n) is 3.49. The van der Waals surface area contributed by atoms with E-state index in [4.69, 9.17) is 5.21 Å². The van der Waals surface area contributed by atoms with E-state index in [9.17, 15) is 0 Å². The van der Waals surface area contributed by atoms with Gasteiger partial charge in [0, 0.05) is 25.0 Å².